The average molecular weight is 185 g/mol. The minimum atomic E-state index is 0.679. The number of hydrogen-bond donors (Lipinski definition) is 2. The quantitative estimate of drug-likeness (QED) is 0.426. The van der Waals surface area contributed by atoms with Gasteiger partial charge in [0.15, 0.2) is 0 Å². The van der Waals surface area contributed by atoms with Gasteiger partial charge in [0.25, 0.3) is 0 Å². The first-order chi connectivity index (χ1) is 5.36. The van der Waals surface area contributed by atoms with E-state index in [0.29, 0.717) is 5.88 Å². The highest BCUT2D eigenvalue weighted by Crippen LogP contribution is 2.17. The van der Waals surface area contributed by atoms with Gasteiger partial charge in [-0.2, -0.15) is 12.6 Å². The number of hydrogen-bond acceptors (Lipinski definition) is 3. The lowest BCUT2D eigenvalue weighted by Gasteiger charge is -2.02. The third-order valence-corrected chi connectivity index (χ3v) is 2.27. The standard InChI is InChI=1S/C8H11NS2/c1-11-8-4-2-7(3-5-8)9-6-10/h2-5,9-10H,6H2,1H3. The van der Waals surface area contributed by atoms with Crippen molar-refractivity contribution in [2.45, 2.75) is 4.90 Å². The highest BCUT2D eigenvalue weighted by molar-refractivity contribution is 7.98. The molecule has 0 unspecified atom stereocenters. The van der Waals surface area contributed by atoms with Gasteiger partial charge in [0.1, 0.15) is 0 Å². The van der Waals surface area contributed by atoms with Gasteiger partial charge in [-0.3, -0.25) is 0 Å². The number of thiol groups is 1. The number of benzene rings is 1. The normalized spacial score (nSPS) is 9.64. The summed E-state index contributed by atoms with van der Waals surface area (Å²) in [5, 5.41) is 3.11. The fraction of sp³-hybridized carbons (Fsp3) is 0.250. The maximum atomic E-state index is 4.06. The van der Waals surface area contributed by atoms with E-state index in [1.807, 2.05) is 0 Å². The maximum Gasteiger partial charge on any atom is 0.0581 e. The number of anilines is 1. The van der Waals surface area contributed by atoms with Crippen LogP contribution in [0.25, 0.3) is 0 Å². The second kappa shape index (κ2) is 4.57. The summed E-state index contributed by atoms with van der Waals surface area (Å²) in [6, 6.07) is 8.30. The fourth-order valence-electron chi connectivity index (χ4n) is 0.800. The lowest BCUT2D eigenvalue weighted by atomic mass is 10.3. The first-order valence-electron chi connectivity index (χ1n) is 3.35. The van der Waals surface area contributed by atoms with Crippen molar-refractivity contribution in [3.05, 3.63) is 24.3 Å². The average Bonchev–Trinajstić information content (AvgIpc) is 2.07. The highest BCUT2D eigenvalue weighted by Gasteiger charge is 1.89. The van der Waals surface area contributed by atoms with Crippen LogP contribution in [0, 0.1) is 0 Å². The van der Waals surface area contributed by atoms with E-state index in [1.165, 1.54) is 4.90 Å². The Morgan fingerprint density at radius 2 is 2.00 bits per heavy atom. The van der Waals surface area contributed by atoms with E-state index in [-0.39, 0.29) is 0 Å². The Bertz CT molecular complexity index is 208. The molecule has 0 aliphatic carbocycles. The highest BCUT2D eigenvalue weighted by atomic mass is 32.2. The minimum Gasteiger partial charge on any atom is -0.376 e. The molecular weight excluding hydrogens is 174 g/mol. The number of rotatable bonds is 3. The van der Waals surface area contributed by atoms with Crippen LogP contribution in [0.5, 0.6) is 0 Å². The molecule has 0 saturated heterocycles. The van der Waals surface area contributed by atoms with E-state index in [2.05, 4.69) is 48.5 Å². The minimum absolute atomic E-state index is 0.679. The Labute approximate surface area is 77.0 Å². The molecular formula is C8H11NS2. The van der Waals surface area contributed by atoms with Crippen LogP contribution in [0.2, 0.25) is 0 Å². The SMILES string of the molecule is CSc1ccc(NCS)cc1. The number of nitrogens with one attached hydrogen (secondary N) is 1. The molecule has 0 amide bonds. The van der Waals surface area contributed by atoms with Crippen molar-refractivity contribution in [1.29, 1.82) is 0 Å². The van der Waals surface area contributed by atoms with E-state index in [4.69, 9.17) is 0 Å². The van der Waals surface area contributed by atoms with Crippen LogP contribution in [-0.4, -0.2) is 12.1 Å². The fourth-order valence-corrected chi connectivity index (χ4v) is 1.39. The van der Waals surface area contributed by atoms with Crippen molar-refractivity contribution in [3.63, 3.8) is 0 Å². The lowest BCUT2D eigenvalue weighted by molar-refractivity contribution is 1.41. The van der Waals surface area contributed by atoms with Crippen molar-refractivity contribution < 1.29 is 0 Å². The van der Waals surface area contributed by atoms with Gasteiger partial charge in [0.05, 0.1) is 5.88 Å². The molecule has 0 saturated carbocycles. The Kier molecular flexibility index (Phi) is 3.66. The largest absolute Gasteiger partial charge is 0.376 e. The van der Waals surface area contributed by atoms with Crippen molar-refractivity contribution in [2.75, 3.05) is 17.4 Å². The zero-order chi connectivity index (χ0) is 8.10. The molecule has 0 fully saturated rings. The predicted octanol–water partition coefficient (Wildman–Crippen LogP) is 2.71. The summed E-state index contributed by atoms with van der Waals surface area (Å²) in [7, 11) is 0. The summed E-state index contributed by atoms with van der Waals surface area (Å²) in [5.41, 5.74) is 1.12. The molecule has 3 heteroatoms. The van der Waals surface area contributed by atoms with Crippen LogP contribution in [0.1, 0.15) is 0 Å². The van der Waals surface area contributed by atoms with Crippen LogP contribution in [-0.2, 0) is 0 Å². The Morgan fingerprint density at radius 1 is 1.36 bits per heavy atom. The third-order valence-electron chi connectivity index (χ3n) is 1.37. The second-order valence-electron chi connectivity index (χ2n) is 2.06. The van der Waals surface area contributed by atoms with Crippen LogP contribution in [0.4, 0.5) is 5.69 Å². The first-order valence-corrected chi connectivity index (χ1v) is 5.21. The summed E-state index contributed by atoms with van der Waals surface area (Å²) < 4.78 is 0. The van der Waals surface area contributed by atoms with Gasteiger partial charge in [0, 0.05) is 10.6 Å². The monoisotopic (exact) mass is 185 g/mol. The van der Waals surface area contributed by atoms with E-state index < -0.39 is 0 Å². The molecule has 1 N–H and O–H groups in total. The summed E-state index contributed by atoms with van der Waals surface area (Å²) in [6.07, 6.45) is 2.07. The van der Waals surface area contributed by atoms with E-state index in [0.717, 1.165) is 5.69 Å². The van der Waals surface area contributed by atoms with Crippen LogP contribution in [0.3, 0.4) is 0 Å². The van der Waals surface area contributed by atoms with Crippen molar-refractivity contribution in [3.8, 4) is 0 Å². The molecule has 1 aromatic carbocycles. The van der Waals surface area contributed by atoms with Crippen molar-refractivity contribution in [2.24, 2.45) is 0 Å². The smallest absolute Gasteiger partial charge is 0.0581 e. The zero-order valence-electron chi connectivity index (χ0n) is 6.37. The molecule has 0 aliphatic rings. The van der Waals surface area contributed by atoms with Crippen LogP contribution >= 0.6 is 24.4 Å². The second-order valence-corrected chi connectivity index (χ2v) is 3.26. The van der Waals surface area contributed by atoms with Crippen molar-refractivity contribution in [1.82, 2.24) is 0 Å². The molecule has 0 atom stereocenters. The van der Waals surface area contributed by atoms with E-state index >= 15 is 0 Å². The molecule has 0 aliphatic heterocycles. The Balaban J connectivity index is 2.66. The molecule has 60 valence electrons. The van der Waals surface area contributed by atoms with Gasteiger partial charge in [-0.25, -0.2) is 0 Å². The van der Waals surface area contributed by atoms with E-state index in [9.17, 15) is 0 Å². The predicted molar refractivity (Wildman–Crippen MR) is 55.7 cm³/mol. The Hall–Kier alpha value is -0.280. The molecule has 1 rings (SSSR count). The summed E-state index contributed by atoms with van der Waals surface area (Å²) in [4.78, 5) is 1.29. The van der Waals surface area contributed by atoms with Crippen LogP contribution in [0.15, 0.2) is 29.2 Å². The van der Waals surface area contributed by atoms with Gasteiger partial charge in [-0.1, -0.05) is 0 Å². The van der Waals surface area contributed by atoms with E-state index in [1.54, 1.807) is 11.8 Å². The first kappa shape index (κ1) is 8.81. The molecule has 0 aromatic heterocycles. The molecule has 11 heavy (non-hydrogen) atoms. The summed E-state index contributed by atoms with van der Waals surface area (Å²) >= 11 is 5.81. The summed E-state index contributed by atoms with van der Waals surface area (Å²) in [6.45, 7) is 0. The Morgan fingerprint density at radius 3 is 2.45 bits per heavy atom. The topological polar surface area (TPSA) is 12.0 Å². The van der Waals surface area contributed by atoms with Gasteiger partial charge in [-0.15, -0.1) is 11.8 Å². The number of thioether (sulfide) groups is 1. The van der Waals surface area contributed by atoms with Crippen molar-refractivity contribution >= 4 is 30.1 Å². The van der Waals surface area contributed by atoms with Gasteiger partial charge < -0.3 is 5.32 Å². The molecule has 1 aromatic rings. The summed E-state index contributed by atoms with van der Waals surface area (Å²) in [5.74, 6) is 0.679. The molecule has 0 bridgehead atoms. The van der Waals surface area contributed by atoms with Gasteiger partial charge >= 0.3 is 0 Å². The zero-order valence-corrected chi connectivity index (χ0v) is 8.08. The molecule has 0 heterocycles. The maximum absolute atomic E-state index is 4.06. The van der Waals surface area contributed by atoms with Gasteiger partial charge in [-0.05, 0) is 30.5 Å². The van der Waals surface area contributed by atoms with Gasteiger partial charge in [0.2, 0.25) is 0 Å². The molecule has 0 radical (unpaired) electrons. The molecule has 1 nitrogen and oxygen atoms in total. The molecule has 0 spiro atoms. The lowest BCUT2D eigenvalue weighted by Crippen LogP contribution is -1.92. The van der Waals surface area contributed by atoms with Crippen LogP contribution < -0.4 is 5.32 Å². The third kappa shape index (κ3) is 2.67.